The zero-order valence-electron chi connectivity index (χ0n) is 14.2. The maximum atomic E-state index is 12.1. The van der Waals surface area contributed by atoms with Gasteiger partial charge in [0.05, 0.1) is 12.0 Å². The van der Waals surface area contributed by atoms with Gasteiger partial charge in [0, 0.05) is 17.5 Å². The van der Waals surface area contributed by atoms with Crippen LogP contribution in [-0.4, -0.2) is 40.4 Å². The van der Waals surface area contributed by atoms with Gasteiger partial charge < -0.3 is 21.0 Å². The van der Waals surface area contributed by atoms with Crippen LogP contribution in [0.4, 0.5) is 5.95 Å². The van der Waals surface area contributed by atoms with Gasteiger partial charge >= 0.3 is 0 Å². The zero-order valence-corrected chi connectivity index (χ0v) is 15.0. The number of nitrogen functional groups attached to an aromatic ring is 1. The third-order valence-corrected chi connectivity index (χ3v) is 4.69. The molecule has 0 aliphatic rings. The van der Waals surface area contributed by atoms with E-state index in [0.717, 1.165) is 0 Å². The number of hydrogen-bond donors (Lipinski definition) is 3. The van der Waals surface area contributed by atoms with Crippen LogP contribution in [0.2, 0.25) is 0 Å². The number of nitrogens with zero attached hydrogens (tertiary/aromatic N) is 3. The molecule has 0 atom stereocenters. The van der Waals surface area contributed by atoms with Crippen LogP contribution in [0.5, 0.6) is 5.75 Å². The van der Waals surface area contributed by atoms with Crippen molar-refractivity contribution in [2.75, 3.05) is 19.4 Å². The number of fused-ring (bicyclic) bond motifs is 1. The largest absolute Gasteiger partial charge is 0.497 e. The van der Waals surface area contributed by atoms with Crippen LogP contribution < -0.4 is 15.8 Å². The molecular weight excluding hydrogens is 354 g/mol. The van der Waals surface area contributed by atoms with Crippen LogP contribution in [0.25, 0.3) is 10.2 Å². The summed E-state index contributed by atoms with van der Waals surface area (Å²) in [6.07, 6.45) is 0. The normalized spacial score (nSPS) is 11.5. The van der Waals surface area contributed by atoms with Gasteiger partial charge in [-0.15, -0.1) is 11.3 Å². The van der Waals surface area contributed by atoms with E-state index >= 15 is 0 Å². The highest BCUT2D eigenvalue weighted by molar-refractivity contribution is 7.20. The summed E-state index contributed by atoms with van der Waals surface area (Å²) in [5.74, 6) is 0.505. The van der Waals surface area contributed by atoms with E-state index in [1.165, 1.54) is 11.3 Å². The third kappa shape index (κ3) is 3.29. The third-order valence-electron chi connectivity index (χ3n) is 3.66. The number of anilines is 1. The van der Waals surface area contributed by atoms with E-state index in [-0.39, 0.29) is 17.6 Å². The fraction of sp³-hybridized carbons (Fsp3) is 0.176. The maximum absolute atomic E-state index is 12.1. The van der Waals surface area contributed by atoms with E-state index in [1.807, 2.05) is 6.92 Å². The Morgan fingerprint density at radius 1 is 1.35 bits per heavy atom. The summed E-state index contributed by atoms with van der Waals surface area (Å²) in [7, 11) is 1.57. The molecule has 0 unspecified atom stereocenters. The van der Waals surface area contributed by atoms with E-state index < -0.39 is 0 Å². The summed E-state index contributed by atoms with van der Waals surface area (Å²) in [6, 6.07) is 8.66. The molecule has 26 heavy (non-hydrogen) atoms. The highest BCUT2D eigenvalue weighted by Crippen LogP contribution is 2.28. The molecule has 8 nitrogen and oxygen atoms in total. The number of aromatic nitrogens is 2. The van der Waals surface area contributed by atoms with E-state index in [4.69, 9.17) is 10.5 Å². The second kappa shape index (κ2) is 7.36. The molecular formula is C17H17N5O3S. The van der Waals surface area contributed by atoms with Crippen molar-refractivity contribution in [1.82, 2.24) is 15.3 Å². The molecule has 4 N–H and O–H groups in total. The monoisotopic (exact) mass is 371 g/mol. The Labute approximate surface area is 153 Å². The lowest BCUT2D eigenvalue weighted by Gasteiger charge is -2.07. The summed E-state index contributed by atoms with van der Waals surface area (Å²) in [6.45, 7) is 2.36. The predicted octanol–water partition coefficient (Wildman–Crippen LogP) is 2.26. The van der Waals surface area contributed by atoms with Crippen LogP contribution >= 0.6 is 11.3 Å². The number of carbonyl (C=O) groups is 1. The number of nitrogens with two attached hydrogens (primary N) is 1. The zero-order chi connectivity index (χ0) is 18.7. The average Bonchev–Trinajstić information content (AvgIpc) is 3.07. The molecule has 0 fully saturated rings. The molecule has 3 rings (SSSR count). The predicted molar refractivity (Wildman–Crippen MR) is 100 cm³/mol. The van der Waals surface area contributed by atoms with Crippen molar-refractivity contribution in [3.63, 3.8) is 0 Å². The Bertz CT molecular complexity index is 982. The number of rotatable bonds is 5. The quantitative estimate of drug-likeness (QED) is 0.359. The topological polar surface area (TPSA) is 123 Å². The van der Waals surface area contributed by atoms with Crippen LogP contribution in [0.3, 0.4) is 0 Å². The Balaban J connectivity index is 2.13. The minimum atomic E-state index is -0.202. The van der Waals surface area contributed by atoms with E-state index in [9.17, 15) is 10.0 Å². The Hall–Kier alpha value is -3.20. The Morgan fingerprint density at radius 2 is 2.08 bits per heavy atom. The van der Waals surface area contributed by atoms with Gasteiger partial charge in [-0.3, -0.25) is 4.79 Å². The first-order valence-electron chi connectivity index (χ1n) is 7.79. The van der Waals surface area contributed by atoms with Crippen molar-refractivity contribution in [2.24, 2.45) is 5.16 Å². The molecule has 1 aromatic carbocycles. The fourth-order valence-corrected chi connectivity index (χ4v) is 3.42. The molecule has 3 aromatic rings. The van der Waals surface area contributed by atoms with Crippen LogP contribution in [0.15, 0.2) is 35.5 Å². The molecule has 0 radical (unpaired) electrons. The smallest absolute Gasteiger partial charge is 0.261 e. The van der Waals surface area contributed by atoms with Gasteiger partial charge in [0.25, 0.3) is 5.91 Å². The summed E-state index contributed by atoms with van der Waals surface area (Å²) < 4.78 is 5.14. The van der Waals surface area contributed by atoms with Gasteiger partial charge in [-0.2, -0.15) is 0 Å². The lowest BCUT2D eigenvalue weighted by Crippen LogP contribution is -2.21. The molecule has 0 bridgehead atoms. The number of hydrogen-bond acceptors (Lipinski definition) is 8. The van der Waals surface area contributed by atoms with E-state index in [2.05, 4.69) is 20.4 Å². The number of oxime groups is 1. The van der Waals surface area contributed by atoms with Crippen molar-refractivity contribution < 1.29 is 14.7 Å². The molecule has 1 amide bonds. The van der Waals surface area contributed by atoms with E-state index in [1.54, 1.807) is 37.4 Å². The molecule has 0 aliphatic carbocycles. The first kappa shape index (κ1) is 17.6. The number of thiophene rings is 1. The van der Waals surface area contributed by atoms with Crippen molar-refractivity contribution in [3.05, 3.63) is 46.5 Å². The molecule has 0 saturated heterocycles. The minimum absolute atomic E-state index is 0.0338. The van der Waals surface area contributed by atoms with Crippen LogP contribution in [-0.2, 0) is 0 Å². The van der Waals surface area contributed by atoms with Gasteiger partial charge in [-0.05, 0) is 37.3 Å². The first-order valence-corrected chi connectivity index (χ1v) is 8.61. The number of nitrogens with one attached hydrogen (secondary N) is 1. The Morgan fingerprint density at radius 3 is 2.69 bits per heavy atom. The van der Waals surface area contributed by atoms with Crippen LogP contribution in [0.1, 0.15) is 27.9 Å². The maximum Gasteiger partial charge on any atom is 0.261 e. The molecule has 9 heteroatoms. The van der Waals surface area contributed by atoms with Crippen molar-refractivity contribution in [2.45, 2.75) is 6.92 Å². The summed E-state index contributed by atoms with van der Waals surface area (Å²) in [5.41, 5.74) is 7.02. The number of carbonyl (C=O) groups excluding carboxylic acids is 1. The Kier molecular flexibility index (Phi) is 4.99. The molecule has 0 spiro atoms. The number of ether oxygens (including phenoxy) is 1. The number of methoxy groups -OCH3 is 1. The van der Waals surface area contributed by atoms with Crippen molar-refractivity contribution >= 4 is 39.1 Å². The summed E-state index contributed by atoms with van der Waals surface area (Å²) in [4.78, 5) is 21.6. The molecule has 134 valence electrons. The molecule has 2 heterocycles. The highest BCUT2D eigenvalue weighted by Gasteiger charge is 2.19. The van der Waals surface area contributed by atoms with E-state index in [0.29, 0.717) is 38.6 Å². The number of benzene rings is 1. The lowest BCUT2D eigenvalue weighted by molar-refractivity contribution is 0.0960. The molecule has 0 saturated carbocycles. The highest BCUT2D eigenvalue weighted by atomic mass is 32.1. The minimum Gasteiger partial charge on any atom is -0.497 e. The summed E-state index contributed by atoms with van der Waals surface area (Å²) >= 11 is 1.20. The standard InChI is InChI=1S/C17H17N5O3S/c1-3-19-15(23)12-8-11-14(20-17(18)21-16(11)26-12)13(22-24)9-4-6-10(25-2)7-5-9/h4-8,24H,3H2,1-2H3,(H,19,23)(H2,18,20,21). The molecule has 2 aromatic heterocycles. The van der Waals surface area contributed by atoms with Crippen molar-refractivity contribution in [1.29, 1.82) is 0 Å². The molecule has 0 aliphatic heterocycles. The second-order valence-electron chi connectivity index (χ2n) is 5.30. The van der Waals surface area contributed by atoms with Gasteiger partial charge in [0.2, 0.25) is 5.95 Å². The van der Waals surface area contributed by atoms with Gasteiger partial charge in [0.1, 0.15) is 22.0 Å². The van der Waals surface area contributed by atoms with Gasteiger partial charge in [0.15, 0.2) is 0 Å². The summed E-state index contributed by atoms with van der Waals surface area (Å²) in [5, 5.41) is 16.3. The second-order valence-corrected chi connectivity index (χ2v) is 6.33. The fourth-order valence-electron chi connectivity index (χ4n) is 2.47. The SMILES string of the molecule is CCNC(=O)c1cc2c(C(=NO)c3ccc(OC)cc3)nc(N)nc2s1. The van der Waals surface area contributed by atoms with Gasteiger partial charge in [-0.25, -0.2) is 9.97 Å². The van der Waals surface area contributed by atoms with Gasteiger partial charge in [-0.1, -0.05) is 5.16 Å². The average molecular weight is 371 g/mol. The first-order chi connectivity index (χ1) is 12.6. The van der Waals surface area contributed by atoms with Crippen molar-refractivity contribution in [3.8, 4) is 5.75 Å². The lowest BCUT2D eigenvalue weighted by atomic mass is 10.0. The van der Waals surface area contributed by atoms with Crippen LogP contribution in [0, 0.1) is 0 Å². The number of amides is 1.